The zero-order valence-corrected chi connectivity index (χ0v) is 17.0. The van der Waals surface area contributed by atoms with Crippen molar-refractivity contribution < 1.29 is 14.7 Å². The van der Waals surface area contributed by atoms with Crippen molar-refractivity contribution in [2.45, 2.75) is 32.7 Å². The molecule has 1 aliphatic rings. The number of nitrogens with one attached hydrogen (secondary N) is 2. The zero-order chi connectivity index (χ0) is 20.8. The predicted molar refractivity (Wildman–Crippen MR) is 114 cm³/mol. The Morgan fingerprint density at radius 2 is 1.76 bits per heavy atom. The topological polar surface area (TPSA) is 81.7 Å². The van der Waals surface area contributed by atoms with Crippen molar-refractivity contribution in [3.05, 3.63) is 59.7 Å². The molecule has 3 rings (SSSR count). The maximum atomic E-state index is 12.5. The van der Waals surface area contributed by atoms with Crippen LogP contribution >= 0.6 is 0 Å². The molecule has 0 aliphatic carbocycles. The molecule has 0 bridgehead atoms. The van der Waals surface area contributed by atoms with Gasteiger partial charge >= 0.3 is 0 Å². The average Bonchev–Trinajstić information content (AvgIpc) is 2.70. The van der Waals surface area contributed by atoms with Gasteiger partial charge in [0.15, 0.2) is 0 Å². The van der Waals surface area contributed by atoms with E-state index in [0.717, 1.165) is 11.1 Å². The Morgan fingerprint density at radius 3 is 2.45 bits per heavy atom. The summed E-state index contributed by atoms with van der Waals surface area (Å²) in [6, 6.07) is 14.7. The van der Waals surface area contributed by atoms with Gasteiger partial charge in [-0.25, -0.2) is 0 Å². The Hall–Kier alpha value is -2.86. The number of nitrogens with zero attached hydrogens (tertiary/aromatic N) is 1. The van der Waals surface area contributed by atoms with E-state index in [1.54, 1.807) is 24.3 Å². The highest BCUT2D eigenvalue weighted by atomic mass is 16.3. The number of aromatic hydroxyl groups is 1. The SMILES string of the molecule is Cc1ccccc1[C@@H](C)NC(=O)CN1CCC(C(=O)Nc2ccccc2O)CC1. The van der Waals surface area contributed by atoms with Gasteiger partial charge in [-0.15, -0.1) is 0 Å². The molecule has 0 spiro atoms. The minimum absolute atomic E-state index is 0.00198. The number of aryl methyl sites for hydroxylation is 1. The lowest BCUT2D eigenvalue weighted by Crippen LogP contribution is -2.43. The number of hydrogen-bond donors (Lipinski definition) is 3. The summed E-state index contributed by atoms with van der Waals surface area (Å²) in [4.78, 5) is 27.0. The van der Waals surface area contributed by atoms with Crippen LogP contribution in [0.3, 0.4) is 0 Å². The van der Waals surface area contributed by atoms with Crippen LogP contribution in [-0.2, 0) is 9.59 Å². The van der Waals surface area contributed by atoms with Crippen molar-refractivity contribution in [3.63, 3.8) is 0 Å². The van der Waals surface area contributed by atoms with Gasteiger partial charge in [0, 0.05) is 5.92 Å². The molecule has 1 saturated heterocycles. The van der Waals surface area contributed by atoms with Crippen molar-refractivity contribution in [2.75, 3.05) is 25.0 Å². The summed E-state index contributed by atoms with van der Waals surface area (Å²) < 4.78 is 0. The summed E-state index contributed by atoms with van der Waals surface area (Å²) in [5, 5.41) is 15.7. The number of benzene rings is 2. The molecule has 2 amide bonds. The van der Waals surface area contributed by atoms with Crippen LogP contribution in [-0.4, -0.2) is 41.5 Å². The number of phenols is 1. The zero-order valence-electron chi connectivity index (χ0n) is 17.0. The molecule has 0 saturated carbocycles. The summed E-state index contributed by atoms with van der Waals surface area (Å²) in [6.07, 6.45) is 1.39. The van der Waals surface area contributed by atoms with Crippen LogP contribution in [0, 0.1) is 12.8 Å². The van der Waals surface area contributed by atoms with Crippen LogP contribution in [0.5, 0.6) is 5.75 Å². The second kappa shape index (κ2) is 9.56. The first kappa shape index (κ1) is 20.9. The molecule has 29 heavy (non-hydrogen) atoms. The van der Waals surface area contributed by atoms with Crippen LogP contribution < -0.4 is 10.6 Å². The normalized spacial score (nSPS) is 16.2. The molecule has 1 fully saturated rings. The van der Waals surface area contributed by atoms with E-state index in [4.69, 9.17) is 0 Å². The standard InChI is InChI=1S/C23H29N3O3/c1-16-7-3-4-8-19(16)17(2)24-22(28)15-26-13-11-18(12-14-26)23(29)25-20-9-5-6-10-21(20)27/h3-10,17-18,27H,11-15H2,1-2H3,(H,24,28)(H,25,29)/t17-/m1/s1. The van der Waals surface area contributed by atoms with Gasteiger partial charge in [0.05, 0.1) is 18.3 Å². The molecule has 0 unspecified atom stereocenters. The summed E-state index contributed by atoms with van der Waals surface area (Å²) in [6.45, 7) is 5.78. The first-order valence-electron chi connectivity index (χ1n) is 10.1. The number of para-hydroxylation sites is 2. The number of likely N-dealkylation sites (tertiary alicyclic amines) is 1. The minimum Gasteiger partial charge on any atom is -0.506 e. The second-order valence-electron chi connectivity index (χ2n) is 7.70. The fourth-order valence-corrected chi connectivity index (χ4v) is 3.81. The quantitative estimate of drug-likeness (QED) is 0.656. The molecule has 2 aromatic carbocycles. The molecule has 6 heteroatoms. The molecular formula is C23H29N3O3. The number of phenolic OH excluding ortho intramolecular Hbond substituents is 1. The number of carbonyl (C=O) groups is 2. The second-order valence-corrected chi connectivity index (χ2v) is 7.70. The van der Waals surface area contributed by atoms with Crippen molar-refractivity contribution in [2.24, 2.45) is 5.92 Å². The average molecular weight is 396 g/mol. The van der Waals surface area contributed by atoms with Crippen molar-refractivity contribution in [1.82, 2.24) is 10.2 Å². The van der Waals surface area contributed by atoms with Gasteiger partial charge in [-0.2, -0.15) is 0 Å². The fourth-order valence-electron chi connectivity index (χ4n) is 3.81. The van der Waals surface area contributed by atoms with Gasteiger partial charge in [-0.3, -0.25) is 14.5 Å². The molecule has 2 aromatic rings. The van der Waals surface area contributed by atoms with Crippen molar-refractivity contribution in [3.8, 4) is 5.75 Å². The molecule has 3 N–H and O–H groups in total. The Balaban J connectivity index is 1.44. The van der Waals surface area contributed by atoms with Gasteiger partial charge < -0.3 is 15.7 Å². The number of rotatable bonds is 6. The van der Waals surface area contributed by atoms with E-state index >= 15 is 0 Å². The lowest BCUT2D eigenvalue weighted by atomic mass is 9.95. The van der Waals surface area contributed by atoms with Gasteiger partial charge in [0.2, 0.25) is 11.8 Å². The summed E-state index contributed by atoms with van der Waals surface area (Å²) in [7, 11) is 0. The molecular weight excluding hydrogens is 366 g/mol. The first-order valence-corrected chi connectivity index (χ1v) is 10.1. The van der Waals surface area contributed by atoms with Gasteiger partial charge in [-0.1, -0.05) is 36.4 Å². The van der Waals surface area contributed by atoms with Crippen LogP contribution in [0.2, 0.25) is 0 Å². The highest BCUT2D eigenvalue weighted by Crippen LogP contribution is 2.25. The van der Waals surface area contributed by atoms with Gasteiger partial charge in [0.1, 0.15) is 5.75 Å². The predicted octanol–water partition coefficient (Wildman–Crippen LogP) is 3.23. The van der Waals surface area contributed by atoms with E-state index in [1.807, 2.05) is 38.1 Å². The Bertz CT molecular complexity index is 860. The minimum atomic E-state index is -0.111. The highest BCUT2D eigenvalue weighted by Gasteiger charge is 2.26. The van der Waals surface area contributed by atoms with Gasteiger partial charge in [0.25, 0.3) is 0 Å². The Kier molecular flexibility index (Phi) is 6.88. The lowest BCUT2D eigenvalue weighted by Gasteiger charge is -2.31. The van der Waals surface area contributed by atoms with E-state index in [9.17, 15) is 14.7 Å². The van der Waals surface area contributed by atoms with E-state index in [1.165, 1.54) is 0 Å². The third kappa shape index (κ3) is 5.57. The smallest absolute Gasteiger partial charge is 0.234 e. The van der Waals surface area contributed by atoms with E-state index in [-0.39, 0.29) is 29.5 Å². The number of piperidine rings is 1. The molecule has 1 heterocycles. The number of amides is 2. The maximum absolute atomic E-state index is 12.5. The Labute approximate surface area is 171 Å². The van der Waals surface area contributed by atoms with E-state index in [2.05, 4.69) is 15.5 Å². The molecule has 0 radical (unpaired) electrons. The Morgan fingerprint density at radius 1 is 1.10 bits per heavy atom. The van der Waals surface area contributed by atoms with Gasteiger partial charge in [-0.05, 0) is 63.0 Å². The van der Waals surface area contributed by atoms with Crippen LogP contribution in [0.15, 0.2) is 48.5 Å². The van der Waals surface area contributed by atoms with Crippen LogP contribution in [0.4, 0.5) is 5.69 Å². The third-order valence-electron chi connectivity index (χ3n) is 5.52. The largest absolute Gasteiger partial charge is 0.506 e. The maximum Gasteiger partial charge on any atom is 0.234 e. The van der Waals surface area contributed by atoms with Crippen molar-refractivity contribution in [1.29, 1.82) is 0 Å². The monoisotopic (exact) mass is 395 g/mol. The number of carbonyl (C=O) groups excluding carboxylic acids is 2. The highest BCUT2D eigenvalue weighted by molar-refractivity contribution is 5.93. The van der Waals surface area contributed by atoms with E-state index in [0.29, 0.717) is 38.2 Å². The lowest BCUT2D eigenvalue weighted by molar-refractivity contribution is -0.124. The summed E-state index contributed by atoms with van der Waals surface area (Å²) >= 11 is 0. The summed E-state index contributed by atoms with van der Waals surface area (Å²) in [5.41, 5.74) is 2.72. The number of hydrogen-bond acceptors (Lipinski definition) is 4. The molecule has 1 atom stereocenters. The third-order valence-corrected chi connectivity index (χ3v) is 5.52. The first-order chi connectivity index (χ1) is 13.9. The molecule has 0 aromatic heterocycles. The summed E-state index contributed by atoms with van der Waals surface area (Å²) in [5.74, 6) is -0.126. The molecule has 154 valence electrons. The van der Waals surface area contributed by atoms with Crippen LogP contribution in [0.1, 0.15) is 36.9 Å². The molecule has 6 nitrogen and oxygen atoms in total. The molecule has 1 aliphatic heterocycles. The number of anilines is 1. The van der Waals surface area contributed by atoms with Crippen LogP contribution in [0.25, 0.3) is 0 Å². The van der Waals surface area contributed by atoms with Crippen molar-refractivity contribution >= 4 is 17.5 Å². The fraction of sp³-hybridized carbons (Fsp3) is 0.391. The van der Waals surface area contributed by atoms with E-state index < -0.39 is 0 Å².